The number of hydrogen-bond acceptors (Lipinski definition) is 3. The molecule has 3 nitrogen and oxygen atoms in total. The summed E-state index contributed by atoms with van der Waals surface area (Å²) in [5, 5.41) is 10.0. The van der Waals surface area contributed by atoms with Crippen LogP contribution < -0.4 is 5.73 Å². The van der Waals surface area contributed by atoms with E-state index in [0.717, 1.165) is 25.7 Å². The lowest BCUT2D eigenvalue weighted by atomic mass is 9.66. The van der Waals surface area contributed by atoms with Crippen LogP contribution in [0.25, 0.3) is 0 Å². The highest BCUT2D eigenvalue weighted by atomic mass is 35.5. The molecule has 0 spiro atoms. The lowest BCUT2D eigenvalue weighted by Crippen LogP contribution is -2.66. The Morgan fingerprint density at radius 3 is 2.00 bits per heavy atom. The van der Waals surface area contributed by atoms with Gasteiger partial charge in [0.05, 0.1) is 17.8 Å². The zero-order chi connectivity index (χ0) is 9.74. The molecule has 3 rings (SSSR count). The highest BCUT2D eigenvalue weighted by Gasteiger charge is 2.54. The van der Waals surface area contributed by atoms with Gasteiger partial charge in [-0.15, -0.1) is 12.4 Å². The van der Waals surface area contributed by atoms with Crippen LogP contribution in [-0.4, -0.2) is 28.5 Å². The summed E-state index contributed by atoms with van der Waals surface area (Å²) in [6.07, 6.45) is 3.76. The van der Waals surface area contributed by atoms with Crippen molar-refractivity contribution in [2.24, 2.45) is 5.73 Å². The number of ether oxygens (including phenoxy) is 1. The van der Waals surface area contributed by atoms with Crippen molar-refractivity contribution in [3.8, 4) is 0 Å². The first-order valence-corrected chi connectivity index (χ1v) is 5.02. The van der Waals surface area contributed by atoms with Gasteiger partial charge < -0.3 is 15.6 Å². The summed E-state index contributed by atoms with van der Waals surface area (Å²) in [4.78, 5) is 0. The van der Waals surface area contributed by atoms with Crippen LogP contribution in [0.1, 0.15) is 39.5 Å². The fourth-order valence-electron chi connectivity index (χ4n) is 2.51. The van der Waals surface area contributed by atoms with Crippen LogP contribution >= 0.6 is 12.4 Å². The van der Waals surface area contributed by atoms with E-state index in [1.807, 2.05) is 13.8 Å². The summed E-state index contributed by atoms with van der Waals surface area (Å²) in [5.74, 6) is 0. The number of nitrogens with two attached hydrogens (primary N) is 1. The molecule has 0 unspecified atom stereocenters. The summed E-state index contributed by atoms with van der Waals surface area (Å²) < 4.78 is 5.76. The summed E-state index contributed by atoms with van der Waals surface area (Å²) in [6.45, 7) is 4.28. The van der Waals surface area contributed by atoms with E-state index in [0.29, 0.717) is 6.61 Å². The molecular formula is C10H20ClNO2. The largest absolute Gasteiger partial charge is 0.387 e. The second-order valence-electron chi connectivity index (χ2n) is 5.20. The van der Waals surface area contributed by atoms with Gasteiger partial charge in [-0.2, -0.15) is 0 Å². The van der Waals surface area contributed by atoms with Gasteiger partial charge in [0.15, 0.2) is 0 Å². The Bertz CT molecular complexity index is 200. The molecule has 14 heavy (non-hydrogen) atoms. The molecule has 4 heteroatoms. The average Bonchev–Trinajstić information content (AvgIpc) is 2.04. The van der Waals surface area contributed by atoms with Gasteiger partial charge in [-0.05, 0) is 39.5 Å². The van der Waals surface area contributed by atoms with E-state index in [2.05, 4.69) is 0 Å². The summed E-state index contributed by atoms with van der Waals surface area (Å²) in [7, 11) is 0. The zero-order valence-corrected chi connectivity index (χ0v) is 9.69. The van der Waals surface area contributed by atoms with Gasteiger partial charge in [0.1, 0.15) is 0 Å². The van der Waals surface area contributed by atoms with Gasteiger partial charge in [0.25, 0.3) is 0 Å². The van der Waals surface area contributed by atoms with Gasteiger partial charge >= 0.3 is 0 Å². The van der Waals surface area contributed by atoms with Gasteiger partial charge in [-0.25, -0.2) is 0 Å². The zero-order valence-electron chi connectivity index (χ0n) is 8.88. The summed E-state index contributed by atoms with van der Waals surface area (Å²) in [5.41, 5.74) is 4.92. The lowest BCUT2D eigenvalue weighted by molar-refractivity contribution is -0.233. The van der Waals surface area contributed by atoms with Gasteiger partial charge in [-0.3, -0.25) is 0 Å². The quantitative estimate of drug-likeness (QED) is 0.700. The Morgan fingerprint density at radius 2 is 1.71 bits per heavy atom. The van der Waals surface area contributed by atoms with Crippen molar-refractivity contribution in [2.45, 2.75) is 56.3 Å². The molecule has 2 bridgehead atoms. The van der Waals surface area contributed by atoms with E-state index in [-0.39, 0.29) is 23.5 Å². The summed E-state index contributed by atoms with van der Waals surface area (Å²) in [6, 6.07) is 0. The maximum Gasteiger partial charge on any atom is 0.0964 e. The van der Waals surface area contributed by atoms with E-state index in [4.69, 9.17) is 10.5 Å². The number of fused-ring (bicyclic) bond motifs is 3. The Kier molecular flexibility index (Phi) is 2.92. The second kappa shape index (κ2) is 3.34. The summed E-state index contributed by atoms with van der Waals surface area (Å²) >= 11 is 0. The van der Waals surface area contributed by atoms with Crippen molar-refractivity contribution in [1.29, 1.82) is 0 Å². The molecule has 3 aliphatic rings. The molecule has 84 valence electrons. The lowest BCUT2D eigenvalue weighted by Gasteiger charge is -2.56. The molecule has 0 aromatic carbocycles. The molecule has 3 N–H and O–H groups in total. The molecule has 0 radical (unpaired) electrons. The SMILES string of the molecule is CC(C)(O)C12CCC(N)(CC1)CO2.Cl. The number of hydrogen-bond donors (Lipinski definition) is 2. The van der Waals surface area contributed by atoms with Gasteiger partial charge in [0, 0.05) is 5.54 Å². The third kappa shape index (κ3) is 1.67. The molecule has 2 aliphatic heterocycles. The highest BCUT2D eigenvalue weighted by molar-refractivity contribution is 5.85. The van der Waals surface area contributed by atoms with E-state index in [9.17, 15) is 5.11 Å². The minimum Gasteiger partial charge on any atom is -0.387 e. The Morgan fingerprint density at radius 1 is 1.21 bits per heavy atom. The van der Waals surface area contributed by atoms with Crippen LogP contribution in [0.5, 0.6) is 0 Å². The van der Waals surface area contributed by atoms with Crippen LogP contribution in [0.2, 0.25) is 0 Å². The maximum atomic E-state index is 10.0. The highest BCUT2D eigenvalue weighted by Crippen LogP contribution is 2.47. The Balaban J connectivity index is 0.000000980. The molecule has 0 aromatic heterocycles. The molecule has 3 fully saturated rings. The average molecular weight is 222 g/mol. The van der Waals surface area contributed by atoms with E-state index >= 15 is 0 Å². The number of rotatable bonds is 1. The van der Waals surface area contributed by atoms with E-state index in [1.165, 1.54) is 0 Å². The first-order chi connectivity index (χ1) is 5.87. The standard InChI is InChI=1S/C10H19NO2.ClH/c1-8(2,12)10-5-3-9(11,4-6-10)7-13-10;/h12H,3-7,11H2,1-2H3;1H. The molecule has 0 aromatic rings. The second-order valence-corrected chi connectivity index (χ2v) is 5.20. The van der Waals surface area contributed by atoms with Crippen LogP contribution in [0.4, 0.5) is 0 Å². The predicted molar refractivity (Wildman–Crippen MR) is 57.6 cm³/mol. The van der Waals surface area contributed by atoms with Crippen molar-refractivity contribution >= 4 is 12.4 Å². The molecule has 1 saturated carbocycles. The van der Waals surface area contributed by atoms with Gasteiger partial charge in [0.2, 0.25) is 0 Å². The minimum atomic E-state index is -0.741. The maximum absolute atomic E-state index is 10.0. The Labute approximate surface area is 91.4 Å². The minimum absolute atomic E-state index is 0. The molecule has 0 atom stereocenters. The molecule has 2 heterocycles. The third-order valence-electron chi connectivity index (χ3n) is 3.80. The van der Waals surface area contributed by atoms with Crippen molar-refractivity contribution < 1.29 is 9.84 Å². The molecule has 0 amide bonds. The van der Waals surface area contributed by atoms with E-state index in [1.54, 1.807) is 0 Å². The van der Waals surface area contributed by atoms with Crippen molar-refractivity contribution in [1.82, 2.24) is 0 Å². The van der Waals surface area contributed by atoms with Crippen LogP contribution in [0.15, 0.2) is 0 Å². The molecule has 1 aliphatic carbocycles. The molecule has 2 saturated heterocycles. The normalized spacial score (nSPS) is 42.0. The number of halogens is 1. The van der Waals surface area contributed by atoms with Crippen molar-refractivity contribution in [3.05, 3.63) is 0 Å². The van der Waals surface area contributed by atoms with Crippen LogP contribution in [-0.2, 0) is 4.74 Å². The van der Waals surface area contributed by atoms with Gasteiger partial charge in [-0.1, -0.05) is 0 Å². The fraction of sp³-hybridized carbons (Fsp3) is 1.00. The third-order valence-corrected chi connectivity index (χ3v) is 3.80. The van der Waals surface area contributed by atoms with Crippen molar-refractivity contribution in [3.63, 3.8) is 0 Å². The fourth-order valence-corrected chi connectivity index (χ4v) is 2.51. The molecular weight excluding hydrogens is 202 g/mol. The van der Waals surface area contributed by atoms with Crippen LogP contribution in [0, 0.1) is 0 Å². The smallest absolute Gasteiger partial charge is 0.0964 e. The Hall–Kier alpha value is 0.170. The number of aliphatic hydroxyl groups is 1. The van der Waals surface area contributed by atoms with E-state index < -0.39 is 5.60 Å². The first kappa shape index (κ1) is 12.2. The predicted octanol–water partition coefficient (Wildman–Crippen LogP) is 1.22. The van der Waals surface area contributed by atoms with Crippen LogP contribution in [0.3, 0.4) is 0 Å². The topological polar surface area (TPSA) is 55.5 Å². The first-order valence-electron chi connectivity index (χ1n) is 5.02. The van der Waals surface area contributed by atoms with Crippen molar-refractivity contribution in [2.75, 3.05) is 6.61 Å². The monoisotopic (exact) mass is 221 g/mol.